The number of hydrogen-bond acceptors (Lipinski definition) is 2. The largest absolute Gasteiger partial charge is 0.310 e. The average Bonchev–Trinajstić information content (AvgIpc) is 4.16. The topological polar surface area (TPSA) is 8.17 Å². The molecular formula is C70H48N2S. The first-order valence-electron chi connectivity index (χ1n) is 25.4. The fraction of sp³-hybridized carbons (Fsp3) is 0.0571. The fourth-order valence-corrected chi connectivity index (χ4v) is 14.2. The molecule has 0 unspecified atom stereocenters. The molecule has 0 bridgehead atoms. The van der Waals surface area contributed by atoms with Crippen molar-refractivity contribution in [3.8, 4) is 39.1 Å². The Bertz CT molecular complexity index is 4250. The van der Waals surface area contributed by atoms with Gasteiger partial charge >= 0.3 is 0 Å². The summed E-state index contributed by atoms with van der Waals surface area (Å²) < 4.78 is 5.09. The van der Waals surface area contributed by atoms with Crippen LogP contribution in [0.4, 0.5) is 17.1 Å². The second-order valence-electron chi connectivity index (χ2n) is 20.4. The van der Waals surface area contributed by atoms with E-state index in [0.29, 0.717) is 0 Å². The van der Waals surface area contributed by atoms with Gasteiger partial charge in [0, 0.05) is 59.1 Å². The Morgan fingerprint density at radius 3 is 1.60 bits per heavy atom. The van der Waals surface area contributed by atoms with E-state index in [4.69, 9.17) is 0 Å². The average molecular weight is 949 g/mol. The van der Waals surface area contributed by atoms with Crippen molar-refractivity contribution in [2.75, 3.05) is 4.90 Å². The van der Waals surface area contributed by atoms with Crippen LogP contribution in [0.3, 0.4) is 0 Å². The second-order valence-corrected chi connectivity index (χ2v) is 21.4. The summed E-state index contributed by atoms with van der Waals surface area (Å²) in [6.07, 6.45) is 0. The van der Waals surface area contributed by atoms with Gasteiger partial charge in [-0.15, -0.1) is 11.3 Å². The van der Waals surface area contributed by atoms with E-state index in [0.717, 1.165) is 17.1 Å². The first kappa shape index (κ1) is 42.0. The van der Waals surface area contributed by atoms with E-state index in [2.05, 4.69) is 278 Å². The summed E-state index contributed by atoms with van der Waals surface area (Å²) in [5.74, 6) is 0. The first-order valence-corrected chi connectivity index (χ1v) is 26.2. The van der Waals surface area contributed by atoms with Gasteiger partial charge in [0.15, 0.2) is 0 Å². The molecule has 2 aromatic heterocycles. The third-order valence-corrected chi connectivity index (χ3v) is 17.5. The van der Waals surface area contributed by atoms with Crippen LogP contribution < -0.4 is 4.90 Å². The van der Waals surface area contributed by atoms with E-state index in [-0.39, 0.29) is 5.41 Å². The maximum Gasteiger partial charge on any atom is 0.0713 e. The van der Waals surface area contributed by atoms with Gasteiger partial charge in [0.2, 0.25) is 0 Å². The van der Waals surface area contributed by atoms with Gasteiger partial charge in [-0.1, -0.05) is 202 Å². The molecule has 3 heteroatoms. The highest BCUT2D eigenvalue weighted by Crippen LogP contribution is 2.58. The van der Waals surface area contributed by atoms with Crippen molar-refractivity contribution in [1.29, 1.82) is 0 Å². The lowest BCUT2D eigenvalue weighted by molar-refractivity contribution is 0.660. The minimum absolute atomic E-state index is 0.268. The van der Waals surface area contributed by atoms with Crippen molar-refractivity contribution in [2.24, 2.45) is 0 Å². The number of aromatic nitrogens is 1. The predicted molar refractivity (Wildman–Crippen MR) is 309 cm³/mol. The minimum Gasteiger partial charge on any atom is -0.310 e. The Labute approximate surface area is 429 Å². The Kier molecular flexibility index (Phi) is 9.12. The highest BCUT2D eigenvalue weighted by molar-refractivity contribution is 7.26. The van der Waals surface area contributed by atoms with Gasteiger partial charge in [0.25, 0.3) is 0 Å². The van der Waals surface area contributed by atoms with E-state index in [1.54, 1.807) is 0 Å². The van der Waals surface area contributed by atoms with Crippen molar-refractivity contribution >= 4 is 70.4 Å². The van der Waals surface area contributed by atoms with Gasteiger partial charge in [-0.25, -0.2) is 0 Å². The molecule has 0 saturated heterocycles. The predicted octanol–water partition coefficient (Wildman–Crippen LogP) is 19.0. The summed E-state index contributed by atoms with van der Waals surface area (Å²) in [4.78, 5) is 2.49. The molecule has 73 heavy (non-hydrogen) atoms. The summed E-state index contributed by atoms with van der Waals surface area (Å²) in [7, 11) is 0. The highest BCUT2D eigenvalue weighted by atomic mass is 32.1. The summed E-state index contributed by atoms with van der Waals surface area (Å²) >= 11 is 1.88. The molecular weight excluding hydrogens is 901 g/mol. The Morgan fingerprint density at radius 1 is 0.356 bits per heavy atom. The highest BCUT2D eigenvalue weighted by Gasteiger charge is 2.46. The van der Waals surface area contributed by atoms with Gasteiger partial charge in [-0.2, -0.15) is 0 Å². The van der Waals surface area contributed by atoms with Crippen LogP contribution in [0.25, 0.3) is 81.0 Å². The van der Waals surface area contributed by atoms with Crippen LogP contribution in [-0.2, 0) is 10.8 Å². The minimum atomic E-state index is -0.478. The number of benzene rings is 11. The molecule has 2 nitrogen and oxygen atoms in total. The third-order valence-electron chi connectivity index (χ3n) is 16.3. The van der Waals surface area contributed by atoms with Crippen LogP contribution in [0.1, 0.15) is 47.2 Å². The molecule has 0 fully saturated rings. The number of hydrogen-bond donors (Lipinski definition) is 0. The summed E-state index contributed by atoms with van der Waals surface area (Å²) in [6.45, 7) is 4.81. The molecule has 2 aliphatic carbocycles. The molecule has 0 aliphatic heterocycles. The molecule has 0 radical (unpaired) electrons. The van der Waals surface area contributed by atoms with Gasteiger partial charge in [0.1, 0.15) is 0 Å². The molecule has 13 aromatic rings. The Morgan fingerprint density at radius 2 is 0.877 bits per heavy atom. The van der Waals surface area contributed by atoms with Crippen LogP contribution >= 0.6 is 11.3 Å². The number of thiophene rings is 1. The molecule has 11 aromatic carbocycles. The third kappa shape index (κ3) is 6.04. The monoisotopic (exact) mass is 948 g/mol. The van der Waals surface area contributed by atoms with E-state index in [1.165, 1.54) is 114 Å². The molecule has 0 atom stereocenters. The van der Waals surface area contributed by atoms with Crippen LogP contribution in [-0.4, -0.2) is 4.57 Å². The van der Waals surface area contributed by atoms with Crippen LogP contribution in [0.15, 0.2) is 255 Å². The van der Waals surface area contributed by atoms with Crippen molar-refractivity contribution in [3.05, 3.63) is 288 Å². The Hall–Kier alpha value is -8.76. The SMILES string of the molecule is CC1(C)c2cc(N(c3ccc(-c4cccc5c4sc4ccccc45)cc3)c3ccc4c(c3)-c3ccccc3C4(c3ccccc3)c3ccccc3)ccc2-c2ccc(-n3c4ccccc4c4ccccc43)cc21. The zero-order valence-electron chi connectivity index (χ0n) is 40.6. The molecule has 2 aliphatic rings. The molecule has 0 N–H and O–H groups in total. The Balaban J connectivity index is 0.903. The lowest BCUT2D eigenvalue weighted by Gasteiger charge is -2.34. The standard InChI is InChI=1S/C70H48N2S/c1-69(2)63-43-50(36-39-54(63)55-40-37-51(44-64(55)69)72-65-29-14-10-23-56(65)57-24-11-15-30-66(57)72)71(48-34-32-45(33-35-48)52-26-17-27-59-58-25-12-16-31-67(58)73-68(52)59)49-38-41-62-60(42-49)53-22-9-13-28-61(53)70(62,46-18-5-3-6-19-46)47-20-7-4-8-21-47/h3-44H,1-2H3. The normalized spacial score (nSPS) is 13.8. The number of para-hydroxylation sites is 2. The van der Waals surface area contributed by atoms with Crippen LogP contribution in [0.5, 0.6) is 0 Å². The smallest absolute Gasteiger partial charge is 0.0713 e. The number of fused-ring (bicyclic) bond motifs is 12. The quantitative estimate of drug-likeness (QED) is 0.155. The molecule has 15 rings (SSSR count). The van der Waals surface area contributed by atoms with Crippen molar-refractivity contribution in [2.45, 2.75) is 24.7 Å². The summed E-state index contributed by atoms with van der Waals surface area (Å²) in [5.41, 5.74) is 21.7. The molecule has 0 amide bonds. The maximum absolute atomic E-state index is 2.49. The van der Waals surface area contributed by atoms with E-state index in [1.807, 2.05) is 11.3 Å². The second kappa shape index (κ2) is 15.9. The number of rotatable bonds is 7. The zero-order valence-corrected chi connectivity index (χ0v) is 41.4. The zero-order chi connectivity index (χ0) is 48.4. The molecule has 344 valence electrons. The van der Waals surface area contributed by atoms with Gasteiger partial charge in [-0.3, -0.25) is 0 Å². The van der Waals surface area contributed by atoms with Crippen LogP contribution in [0, 0.1) is 0 Å². The van der Waals surface area contributed by atoms with Crippen molar-refractivity contribution in [3.63, 3.8) is 0 Å². The van der Waals surface area contributed by atoms with Crippen molar-refractivity contribution < 1.29 is 0 Å². The molecule has 0 spiro atoms. The summed E-state index contributed by atoms with van der Waals surface area (Å²) in [5, 5.41) is 5.18. The van der Waals surface area contributed by atoms with Gasteiger partial charge in [0.05, 0.1) is 16.4 Å². The fourth-order valence-electron chi connectivity index (χ4n) is 13.0. The van der Waals surface area contributed by atoms with E-state index < -0.39 is 5.41 Å². The summed E-state index contributed by atoms with van der Waals surface area (Å²) in [6, 6.07) is 95.2. The van der Waals surface area contributed by atoms with Crippen LogP contribution in [0.2, 0.25) is 0 Å². The number of anilines is 3. The van der Waals surface area contributed by atoms with E-state index >= 15 is 0 Å². The maximum atomic E-state index is 2.49. The number of nitrogens with zero attached hydrogens (tertiary/aromatic N) is 2. The molecule has 0 saturated carbocycles. The molecule has 2 heterocycles. The lowest BCUT2D eigenvalue weighted by atomic mass is 9.68. The van der Waals surface area contributed by atoms with Gasteiger partial charge in [-0.05, 0) is 133 Å². The van der Waals surface area contributed by atoms with E-state index in [9.17, 15) is 0 Å². The van der Waals surface area contributed by atoms with Gasteiger partial charge < -0.3 is 9.47 Å². The van der Waals surface area contributed by atoms with Crippen molar-refractivity contribution in [1.82, 2.24) is 4.57 Å². The first-order chi connectivity index (χ1) is 36.0. The lowest BCUT2D eigenvalue weighted by Crippen LogP contribution is -2.28.